The number of hydrogen-bond donors (Lipinski definition) is 1. The Balaban J connectivity index is 2.04. The van der Waals surface area contributed by atoms with Crippen LogP contribution in [0.4, 0.5) is 0 Å². The van der Waals surface area contributed by atoms with E-state index in [1.807, 2.05) is 6.92 Å². The smallest absolute Gasteiger partial charge is 0.414 e. The fourth-order valence-corrected chi connectivity index (χ4v) is 0.613. The molecular formula is C6H11N3O2. The minimum absolute atomic E-state index is 0.225. The first kappa shape index (κ1) is 8.00. The Bertz CT molecular complexity index is 176. The molecule has 0 atom stereocenters. The van der Waals surface area contributed by atoms with Crippen LogP contribution in [0.2, 0.25) is 0 Å². The molecule has 1 rings (SSSR count). The second kappa shape index (κ2) is 4.68. The van der Waals surface area contributed by atoms with Gasteiger partial charge in [-0.05, 0) is 6.54 Å². The molecule has 0 bridgehead atoms. The van der Waals surface area contributed by atoms with Crippen LogP contribution >= 0.6 is 0 Å². The summed E-state index contributed by atoms with van der Waals surface area (Å²) in [6, 6.07) is 0. The summed E-state index contributed by atoms with van der Waals surface area (Å²) in [6.45, 7) is 4.31. The normalized spacial score (nSPS) is 9.91. The van der Waals surface area contributed by atoms with Crippen LogP contribution in [0.1, 0.15) is 6.92 Å². The van der Waals surface area contributed by atoms with E-state index in [1.165, 1.54) is 6.39 Å². The van der Waals surface area contributed by atoms with Gasteiger partial charge in [-0.3, -0.25) is 0 Å². The summed E-state index contributed by atoms with van der Waals surface area (Å²) in [7, 11) is 0. The second-order valence-electron chi connectivity index (χ2n) is 1.91. The predicted molar refractivity (Wildman–Crippen MR) is 38.3 cm³/mol. The highest BCUT2D eigenvalue weighted by molar-refractivity contribution is 4.76. The molecule has 1 aromatic heterocycles. The van der Waals surface area contributed by atoms with Crippen molar-refractivity contribution in [1.29, 1.82) is 0 Å². The Morgan fingerprint density at radius 1 is 1.73 bits per heavy atom. The zero-order chi connectivity index (χ0) is 7.94. The fraction of sp³-hybridized carbons (Fsp3) is 0.667. The molecule has 0 saturated heterocycles. The summed E-state index contributed by atoms with van der Waals surface area (Å²) in [4.78, 5) is 0. The number of hydrogen-bond acceptors (Lipinski definition) is 5. The Hall–Kier alpha value is -1.10. The molecule has 0 aliphatic rings. The Labute approximate surface area is 64.8 Å². The minimum Gasteiger partial charge on any atom is -0.448 e. The van der Waals surface area contributed by atoms with E-state index >= 15 is 0 Å². The standard InChI is InChI=1S/C6H11N3O2/c1-2-7-3-4-10-6-9-8-5-11-6/h5,7H,2-4H2,1H3. The van der Waals surface area contributed by atoms with Gasteiger partial charge in [-0.2, -0.15) is 0 Å². The van der Waals surface area contributed by atoms with Gasteiger partial charge in [0.15, 0.2) is 0 Å². The van der Waals surface area contributed by atoms with Crippen molar-refractivity contribution in [2.45, 2.75) is 6.92 Å². The third-order valence-electron chi connectivity index (χ3n) is 1.09. The topological polar surface area (TPSA) is 60.2 Å². The van der Waals surface area contributed by atoms with Crippen LogP contribution in [0.25, 0.3) is 0 Å². The van der Waals surface area contributed by atoms with E-state index in [0.29, 0.717) is 6.61 Å². The largest absolute Gasteiger partial charge is 0.448 e. The molecule has 0 radical (unpaired) electrons. The van der Waals surface area contributed by atoms with Crippen molar-refractivity contribution >= 4 is 0 Å². The lowest BCUT2D eigenvalue weighted by atomic mass is 10.6. The third kappa shape index (κ3) is 2.99. The molecular weight excluding hydrogens is 146 g/mol. The predicted octanol–water partition coefficient (Wildman–Crippen LogP) is 0.0579. The molecule has 5 nitrogen and oxygen atoms in total. The molecule has 0 aromatic carbocycles. The molecule has 0 aliphatic heterocycles. The molecule has 1 aromatic rings. The number of nitrogens with one attached hydrogen (secondary N) is 1. The SMILES string of the molecule is CCNCCOc1nnco1. The van der Waals surface area contributed by atoms with Crippen LogP contribution < -0.4 is 10.1 Å². The number of aromatic nitrogens is 2. The zero-order valence-corrected chi connectivity index (χ0v) is 6.41. The van der Waals surface area contributed by atoms with E-state index in [9.17, 15) is 0 Å². The molecule has 11 heavy (non-hydrogen) atoms. The maximum atomic E-state index is 5.05. The first-order chi connectivity index (χ1) is 5.43. The van der Waals surface area contributed by atoms with E-state index in [1.54, 1.807) is 0 Å². The van der Waals surface area contributed by atoms with Crippen LogP contribution in [0.15, 0.2) is 10.8 Å². The molecule has 0 saturated carbocycles. The van der Waals surface area contributed by atoms with Crippen molar-refractivity contribution < 1.29 is 9.15 Å². The highest BCUT2D eigenvalue weighted by Gasteiger charge is 1.96. The van der Waals surface area contributed by atoms with E-state index in [0.717, 1.165) is 13.1 Å². The van der Waals surface area contributed by atoms with Crippen LogP contribution in [0, 0.1) is 0 Å². The summed E-state index contributed by atoms with van der Waals surface area (Å²) in [5.41, 5.74) is 0. The first-order valence-corrected chi connectivity index (χ1v) is 3.53. The maximum absolute atomic E-state index is 5.05. The van der Waals surface area contributed by atoms with E-state index in [2.05, 4.69) is 15.5 Å². The number of rotatable bonds is 5. The molecule has 1 heterocycles. The lowest BCUT2D eigenvalue weighted by Crippen LogP contribution is -2.20. The average molecular weight is 157 g/mol. The Kier molecular flexibility index (Phi) is 3.40. The molecule has 62 valence electrons. The van der Waals surface area contributed by atoms with Gasteiger partial charge in [-0.1, -0.05) is 12.0 Å². The van der Waals surface area contributed by atoms with Crippen LogP contribution in [-0.2, 0) is 0 Å². The molecule has 1 N–H and O–H groups in total. The second-order valence-corrected chi connectivity index (χ2v) is 1.91. The fourth-order valence-electron chi connectivity index (χ4n) is 0.613. The summed E-state index contributed by atoms with van der Waals surface area (Å²) in [5.74, 6) is 0. The van der Waals surface area contributed by atoms with Crippen LogP contribution in [0.5, 0.6) is 6.08 Å². The molecule has 0 unspecified atom stereocenters. The van der Waals surface area contributed by atoms with Crippen LogP contribution in [-0.4, -0.2) is 29.9 Å². The summed E-state index contributed by atoms with van der Waals surface area (Å²) >= 11 is 0. The summed E-state index contributed by atoms with van der Waals surface area (Å²) in [6.07, 6.45) is 1.46. The summed E-state index contributed by atoms with van der Waals surface area (Å²) < 4.78 is 9.79. The average Bonchev–Trinajstić information content (AvgIpc) is 2.50. The number of likely N-dealkylation sites (N-methyl/N-ethyl adjacent to an activating group) is 1. The van der Waals surface area contributed by atoms with Crippen molar-refractivity contribution in [2.24, 2.45) is 0 Å². The highest BCUT2D eigenvalue weighted by Crippen LogP contribution is 2.00. The highest BCUT2D eigenvalue weighted by atomic mass is 16.6. The first-order valence-electron chi connectivity index (χ1n) is 3.53. The van der Waals surface area contributed by atoms with E-state index in [-0.39, 0.29) is 6.08 Å². The Morgan fingerprint density at radius 3 is 3.27 bits per heavy atom. The minimum atomic E-state index is 0.225. The van der Waals surface area contributed by atoms with Gasteiger partial charge in [0.1, 0.15) is 6.61 Å². The summed E-state index contributed by atoms with van der Waals surface area (Å²) in [5, 5.41) is 10.1. The van der Waals surface area contributed by atoms with Crippen molar-refractivity contribution in [1.82, 2.24) is 15.5 Å². The van der Waals surface area contributed by atoms with Gasteiger partial charge in [0.05, 0.1) is 0 Å². The lowest BCUT2D eigenvalue weighted by Gasteiger charge is -1.99. The third-order valence-corrected chi connectivity index (χ3v) is 1.09. The molecule has 0 aliphatic carbocycles. The van der Waals surface area contributed by atoms with Gasteiger partial charge in [0, 0.05) is 6.54 Å². The number of ether oxygens (including phenoxy) is 1. The van der Waals surface area contributed by atoms with E-state index < -0.39 is 0 Å². The zero-order valence-electron chi connectivity index (χ0n) is 6.41. The molecule has 0 spiro atoms. The van der Waals surface area contributed by atoms with Gasteiger partial charge in [-0.15, -0.1) is 5.10 Å². The monoisotopic (exact) mass is 157 g/mol. The van der Waals surface area contributed by atoms with E-state index in [4.69, 9.17) is 9.15 Å². The van der Waals surface area contributed by atoms with Crippen LogP contribution in [0.3, 0.4) is 0 Å². The van der Waals surface area contributed by atoms with Crippen molar-refractivity contribution in [3.8, 4) is 6.08 Å². The van der Waals surface area contributed by atoms with Crippen molar-refractivity contribution in [3.63, 3.8) is 0 Å². The van der Waals surface area contributed by atoms with Gasteiger partial charge >= 0.3 is 6.08 Å². The van der Waals surface area contributed by atoms with Crippen molar-refractivity contribution in [2.75, 3.05) is 19.7 Å². The molecule has 0 fully saturated rings. The lowest BCUT2D eigenvalue weighted by molar-refractivity contribution is 0.231. The van der Waals surface area contributed by atoms with Gasteiger partial charge in [-0.25, -0.2) is 0 Å². The molecule has 5 heteroatoms. The van der Waals surface area contributed by atoms with Gasteiger partial charge < -0.3 is 14.5 Å². The quantitative estimate of drug-likeness (QED) is 0.612. The van der Waals surface area contributed by atoms with Gasteiger partial charge in [0.2, 0.25) is 6.39 Å². The Morgan fingerprint density at radius 2 is 2.64 bits per heavy atom. The van der Waals surface area contributed by atoms with Crippen molar-refractivity contribution in [3.05, 3.63) is 6.39 Å². The number of nitrogens with zero attached hydrogens (tertiary/aromatic N) is 2. The molecule has 0 amide bonds. The van der Waals surface area contributed by atoms with Gasteiger partial charge in [0.25, 0.3) is 0 Å². The maximum Gasteiger partial charge on any atom is 0.414 e.